The van der Waals surface area contributed by atoms with Crippen LogP contribution in [-0.2, 0) is 13.0 Å². The SMILES string of the molecule is Cc1c(Cl)ccc2sc(N(Cc3ccccn3)C(=O)c3ccc(Cc4ccccc4)cc3)nc12. The summed E-state index contributed by atoms with van der Waals surface area (Å²) in [6, 6.07) is 27.6. The van der Waals surface area contributed by atoms with Gasteiger partial charge in [-0.1, -0.05) is 71.5 Å². The Morgan fingerprint density at radius 2 is 1.65 bits per heavy atom. The average Bonchev–Trinajstić information content (AvgIpc) is 3.31. The lowest BCUT2D eigenvalue weighted by Crippen LogP contribution is -2.30. The first-order valence-corrected chi connectivity index (χ1v) is 12.2. The first kappa shape index (κ1) is 22.3. The zero-order valence-corrected chi connectivity index (χ0v) is 20.2. The van der Waals surface area contributed by atoms with Crippen LogP contribution in [0.15, 0.2) is 91.1 Å². The van der Waals surface area contributed by atoms with Gasteiger partial charge in [-0.2, -0.15) is 0 Å². The van der Waals surface area contributed by atoms with Crippen LogP contribution in [0, 0.1) is 6.92 Å². The molecular weight excluding hydrogens is 462 g/mol. The minimum Gasteiger partial charge on any atom is -0.278 e. The Balaban J connectivity index is 1.47. The Hall–Kier alpha value is -3.54. The molecule has 0 saturated carbocycles. The minimum absolute atomic E-state index is 0.111. The molecule has 0 atom stereocenters. The van der Waals surface area contributed by atoms with Gasteiger partial charge in [0.05, 0.1) is 22.5 Å². The molecule has 0 aliphatic heterocycles. The third-order valence-corrected chi connectivity index (χ3v) is 7.16. The molecule has 0 aliphatic rings. The predicted octanol–water partition coefficient (Wildman–Crippen LogP) is 7.09. The van der Waals surface area contributed by atoms with Crippen molar-refractivity contribution in [2.75, 3.05) is 4.90 Å². The number of pyridine rings is 1. The number of rotatable bonds is 6. The lowest BCUT2D eigenvalue weighted by molar-refractivity contribution is 0.0985. The van der Waals surface area contributed by atoms with E-state index in [1.54, 1.807) is 11.1 Å². The summed E-state index contributed by atoms with van der Waals surface area (Å²) in [5, 5.41) is 1.30. The van der Waals surface area contributed by atoms with E-state index in [1.807, 2.05) is 79.7 Å². The van der Waals surface area contributed by atoms with Crippen molar-refractivity contribution in [2.24, 2.45) is 0 Å². The summed E-state index contributed by atoms with van der Waals surface area (Å²) >= 11 is 7.79. The van der Waals surface area contributed by atoms with E-state index in [0.29, 0.717) is 22.3 Å². The van der Waals surface area contributed by atoms with E-state index in [0.717, 1.165) is 33.5 Å². The molecule has 0 saturated heterocycles. The quantitative estimate of drug-likeness (QED) is 0.259. The highest BCUT2D eigenvalue weighted by Crippen LogP contribution is 2.34. The molecule has 2 aromatic heterocycles. The summed E-state index contributed by atoms with van der Waals surface area (Å²) in [5.41, 5.74) is 5.54. The number of amides is 1. The van der Waals surface area contributed by atoms with Gasteiger partial charge in [0.2, 0.25) is 0 Å². The van der Waals surface area contributed by atoms with E-state index in [2.05, 4.69) is 17.1 Å². The molecule has 0 fully saturated rings. The lowest BCUT2D eigenvalue weighted by atomic mass is 10.0. The summed E-state index contributed by atoms with van der Waals surface area (Å²) in [6.07, 6.45) is 2.56. The maximum absolute atomic E-state index is 13.7. The maximum Gasteiger partial charge on any atom is 0.260 e. The lowest BCUT2D eigenvalue weighted by Gasteiger charge is -2.20. The first-order chi connectivity index (χ1) is 16.6. The molecule has 5 rings (SSSR count). The van der Waals surface area contributed by atoms with Crippen molar-refractivity contribution in [3.05, 3.63) is 124 Å². The third kappa shape index (κ3) is 4.72. The van der Waals surface area contributed by atoms with Crippen LogP contribution in [-0.4, -0.2) is 15.9 Å². The number of halogens is 1. The highest BCUT2D eigenvalue weighted by atomic mass is 35.5. The Labute approximate surface area is 207 Å². The highest BCUT2D eigenvalue weighted by Gasteiger charge is 2.23. The Kier molecular flexibility index (Phi) is 6.39. The van der Waals surface area contributed by atoms with Crippen LogP contribution in [0.4, 0.5) is 5.13 Å². The van der Waals surface area contributed by atoms with Gasteiger partial charge in [-0.05, 0) is 66.4 Å². The monoisotopic (exact) mass is 483 g/mol. The van der Waals surface area contributed by atoms with Crippen LogP contribution < -0.4 is 4.90 Å². The zero-order chi connectivity index (χ0) is 23.5. The number of fused-ring (bicyclic) bond motifs is 1. The molecule has 4 nitrogen and oxygen atoms in total. The first-order valence-electron chi connectivity index (χ1n) is 11.0. The van der Waals surface area contributed by atoms with Crippen molar-refractivity contribution < 1.29 is 4.79 Å². The Morgan fingerprint density at radius 1 is 0.912 bits per heavy atom. The van der Waals surface area contributed by atoms with Gasteiger partial charge in [0.1, 0.15) is 0 Å². The number of anilines is 1. The number of carbonyl (C=O) groups excluding carboxylic acids is 1. The van der Waals surface area contributed by atoms with E-state index in [-0.39, 0.29) is 5.91 Å². The molecule has 0 bridgehead atoms. The molecule has 5 aromatic rings. The number of hydrogen-bond acceptors (Lipinski definition) is 4. The molecule has 0 N–H and O–H groups in total. The predicted molar refractivity (Wildman–Crippen MR) is 140 cm³/mol. The van der Waals surface area contributed by atoms with Crippen molar-refractivity contribution >= 4 is 44.2 Å². The zero-order valence-electron chi connectivity index (χ0n) is 18.6. The topological polar surface area (TPSA) is 46.1 Å². The molecule has 168 valence electrons. The van der Waals surface area contributed by atoms with E-state index in [9.17, 15) is 4.79 Å². The van der Waals surface area contributed by atoms with Gasteiger partial charge in [0, 0.05) is 16.8 Å². The van der Waals surface area contributed by atoms with Gasteiger partial charge < -0.3 is 0 Å². The third-order valence-electron chi connectivity index (χ3n) is 5.71. The summed E-state index contributed by atoms with van der Waals surface area (Å²) in [6.45, 7) is 2.28. The van der Waals surface area contributed by atoms with Gasteiger partial charge in [-0.25, -0.2) is 4.98 Å². The summed E-state index contributed by atoms with van der Waals surface area (Å²) in [7, 11) is 0. The largest absolute Gasteiger partial charge is 0.278 e. The number of thiazole rings is 1. The average molecular weight is 484 g/mol. The van der Waals surface area contributed by atoms with Crippen molar-refractivity contribution in [3.63, 3.8) is 0 Å². The van der Waals surface area contributed by atoms with Crippen molar-refractivity contribution in [1.29, 1.82) is 0 Å². The van der Waals surface area contributed by atoms with Gasteiger partial charge in [-0.15, -0.1) is 0 Å². The van der Waals surface area contributed by atoms with E-state index >= 15 is 0 Å². The molecule has 2 heterocycles. The highest BCUT2D eigenvalue weighted by molar-refractivity contribution is 7.22. The van der Waals surface area contributed by atoms with E-state index < -0.39 is 0 Å². The van der Waals surface area contributed by atoms with Crippen molar-refractivity contribution in [1.82, 2.24) is 9.97 Å². The van der Waals surface area contributed by atoms with Crippen molar-refractivity contribution in [2.45, 2.75) is 19.9 Å². The smallest absolute Gasteiger partial charge is 0.260 e. The number of hydrogen-bond donors (Lipinski definition) is 0. The van der Waals surface area contributed by atoms with Gasteiger partial charge in [0.25, 0.3) is 5.91 Å². The molecule has 0 spiro atoms. The van der Waals surface area contributed by atoms with Gasteiger partial charge >= 0.3 is 0 Å². The fourth-order valence-corrected chi connectivity index (χ4v) is 5.01. The number of aryl methyl sites for hydroxylation is 1. The number of aromatic nitrogens is 2. The second-order valence-corrected chi connectivity index (χ2v) is 9.50. The standard InChI is InChI=1S/C28H22ClN3OS/c1-19-24(29)14-15-25-26(19)31-28(34-25)32(18-23-9-5-6-16-30-23)27(33)22-12-10-21(11-13-22)17-20-7-3-2-4-8-20/h2-16H,17-18H2,1H3. The van der Waals surface area contributed by atoms with Crippen LogP contribution in [0.25, 0.3) is 10.2 Å². The van der Waals surface area contributed by atoms with Crippen LogP contribution in [0.3, 0.4) is 0 Å². The number of benzene rings is 3. The van der Waals surface area contributed by atoms with E-state index in [4.69, 9.17) is 16.6 Å². The minimum atomic E-state index is -0.111. The molecule has 0 unspecified atom stereocenters. The van der Waals surface area contributed by atoms with Crippen LogP contribution in [0.5, 0.6) is 0 Å². The second kappa shape index (κ2) is 9.75. The van der Waals surface area contributed by atoms with E-state index in [1.165, 1.54) is 16.9 Å². The Bertz CT molecular complexity index is 1430. The molecule has 34 heavy (non-hydrogen) atoms. The molecule has 6 heteroatoms. The normalized spacial score (nSPS) is 11.0. The summed E-state index contributed by atoms with van der Waals surface area (Å²) < 4.78 is 0.994. The second-order valence-electron chi connectivity index (χ2n) is 8.09. The van der Waals surface area contributed by atoms with Gasteiger partial charge in [-0.3, -0.25) is 14.7 Å². The summed E-state index contributed by atoms with van der Waals surface area (Å²) in [4.78, 5) is 24.6. The van der Waals surface area contributed by atoms with Crippen molar-refractivity contribution in [3.8, 4) is 0 Å². The number of carbonyl (C=O) groups is 1. The van der Waals surface area contributed by atoms with Gasteiger partial charge in [0.15, 0.2) is 5.13 Å². The summed E-state index contributed by atoms with van der Waals surface area (Å²) in [5.74, 6) is -0.111. The fourth-order valence-electron chi connectivity index (χ4n) is 3.84. The van der Waals surface area contributed by atoms with Crippen LogP contribution >= 0.6 is 22.9 Å². The Morgan fingerprint density at radius 3 is 2.38 bits per heavy atom. The molecule has 0 aliphatic carbocycles. The van der Waals surface area contributed by atoms with Crippen LogP contribution in [0.1, 0.15) is 32.7 Å². The molecule has 0 radical (unpaired) electrons. The molecule has 3 aromatic carbocycles. The number of nitrogens with zero attached hydrogens (tertiary/aromatic N) is 3. The fraction of sp³-hybridized carbons (Fsp3) is 0.107. The molecular formula is C28H22ClN3OS. The maximum atomic E-state index is 13.7. The molecule has 1 amide bonds. The van der Waals surface area contributed by atoms with Crippen LogP contribution in [0.2, 0.25) is 5.02 Å².